The third kappa shape index (κ3) is 2.19. The van der Waals surface area contributed by atoms with Crippen molar-refractivity contribution in [2.75, 3.05) is 13.2 Å². The maximum absolute atomic E-state index is 6.18. The second-order valence-corrected chi connectivity index (χ2v) is 6.03. The molecule has 1 heterocycles. The molecular formula is C16H23NO. The maximum Gasteiger partial charge on any atom is 0.0953 e. The molecule has 0 aromatic heterocycles. The molecule has 0 radical (unpaired) electrons. The van der Waals surface area contributed by atoms with Crippen LogP contribution in [-0.4, -0.2) is 18.7 Å². The zero-order valence-electron chi connectivity index (χ0n) is 11.5. The summed E-state index contributed by atoms with van der Waals surface area (Å²) in [7, 11) is 0. The van der Waals surface area contributed by atoms with Gasteiger partial charge in [0, 0.05) is 12.1 Å². The first-order chi connectivity index (χ1) is 8.69. The first-order valence-corrected chi connectivity index (χ1v) is 7.12. The molecule has 2 fully saturated rings. The monoisotopic (exact) mass is 245 g/mol. The van der Waals surface area contributed by atoms with E-state index < -0.39 is 0 Å². The zero-order valence-corrected chi connectivity index (χ0v) is 11.5. The van der Waals surface area contributed by atoms with Crippen molar-refractivity contribution in [3.63, 3.8) is 0 Å². The summed E-state index contributed by atoms with van der Waals surface area (Å²) in [6, 6.07) is 6.65. The fraction of sp³-hybridized carbons (Fsp3) is 0.625. The zero-order chi connectivity index (χ0) is 12.6. The van der Waals surface area contributed by atoms with E-state index in [0.29, 0.717) is 5.54 Å². The molecule has 1 aromatic rings. The lowest BCUT2D eigenvalue weighted by Crippen LogP contribution is -2.53. The van der Waals surface area contributed by atoms with Crippen molar-refractivity contribution in [1.82, 2.24) is 5.32 Å². The van der Waals surface area contributed by atoms with Crippen molar-refractivity contribution in [3.8, 4) is 0 Å². The highest BCUT2D eigenvalue weighted by atomic mass is 16.5. The predicted octanol–water partition coefficient (Wildman–Crippen LogP) is 3.28. The molecule has 0 bridgehead atoms. The van der Waals surface area contributed by atoms with Crippen molar-refractivity contribution in [2.45, 2.75) is 51.2 Å². The fourth-order valence-corrected chi connectivity index (χ4v) is 3.36. The molecule has 1 saturated heterocycles. The molecule has 1 aromatic carbocycles. The van der Waals surface area contributed by atoms with Crippen LogP contribution in [0, 0.1) is 13.8 Å². The van der Waals surface area contributed by atoms with E-state index >= 15 is 0 Å². The first-order valence-electron chi connectivity index (χ1n) is 7.12. The highest BCUT2D eigenvalue weighted by molar-refractivity contribution is 5.32. The minimum Gasteiger partial charge on any atom is -0.370 e. The summed E-state index contributed by atoms with van der Waals surface area (Å²) < 4.78 is 6.18. The van der Waals surface area contributed by atoms with Crippen LogP contribution in [0.3, 0.4) is 0 Å². The van der Waals surface area contributed by atoms with E-state index in [2.05, 4.69) is 37.4 Å². The molecule has 1 unspecified atom stereocenters. The Morgan fingerprint density at radius 2 is 2.00 bits per heavy atom. The third-order valence-corrected chi connectivity index (χ3v) is 4.57. The molecule has 18 heavy (non-hydrogen) atoms. The normalized spacial score (nSPS) is 26.7. The summed E-state index contributed by atoms with van der Waals surface area (Å²) in [5.74, 6) is 0. The van der Waals surface area contributed by atoms with Crippen LogP contribution in [0.2, 0.25) is 0 Å². The molecule has 1 saturated carbocycles. The van der Waals surface area contributed by atoms with Gasteiger partial charge in [0.2, 0.25) is 0 Å². The van der Waals surface area contributed by atoms with Crippen molar-refractivity contribution in [3.05, 3.63) is 34.9 Å². The number of benzene rings is 1. The van der Waals surface area contributed by atoms with E-state index in [1.807, 2.05) is 0 Å². The quantitative estimate of drug-likeness (QED) is 0.820. The van der Waals surface area contributed by atoms with Crippen molar-refractivity contribution >= 4 is 0 Å². The molecule has 1 N–H and O–H groups in total. The van der Waals surface area contributed by atoms with Gasteiger partial charge in [0.15, 0.2) is 0 Å². The van der Waals surface area contributed by atoms with E-state index in [4.69, 9.17) is 4.74 Å². The minimum atomic E-state index is 0.233. The van der Waals surface area contributed by atoms with Gasteiger partial charge in [-0.1, -0.05) is 36.6 Å². The Morgan fingerprint density at radius 3 is 2.67 bits per heavy atom. The van der Waals surface area contributed by atoms with Crippen LogP contribution < -0.4 is 5.32 Å². The molecule has 1 aliphatic carbocycles. The number of aryl methyl sites for hydroxylation is 2. The van der Waals surface area contributed by atoms with Crippen LogP contribution in [-0.2, 0) is 4.74 Å². The molecule has 2 aliphatic rings. The molecule has 1 atom stereocenters. The Labute approximate surface area is 110 Å². The number of morpholine rings is 1. The van der Waals surface area contributed by atoms with Gasteiger partial charge in [-0.25, -0.2) is 0 Å². The fourth-order valence-electron chi connectivity index (χ4n) is 3.36. The van der Waals surface area contributed by atoms with Gasteiger partial charge in [0.05, 0.1) is 12.7 Å². The Bertz CT molecular complexity index is 425. The first kappa shape index (κ1) is 12.2. The Hall–Kier alpha value is -0.860. The molecule has 0 amide bonds. The van der Waals surface area contributed by atoms with Crippen molar-refractivity contribution < 1.29 is 4.74 Å². The van der Waals surface area contributed by atoms with Gasteiger partial charge in [-0.05, 0) is 37.8 Å². The van der Waals surface area contributed by atoms with Crippen LogP contribution >= 0.6 is 0 Å². The summed E-state index contributed by atoms with van der Waals surface area (Å²) in [5, 5.41) is 3.76. The van der Waals surface area contributed by atoms with Gasteiger partial charge in [-0.15, -0.1) is 0 Å². The number of hydrogen-bond acceptors (Lipinski definition) is 2. The van der Waals surface area contributed by atoms with Gasteiger partial charge in [-0.3, -0.25) is 0 Å². The standard InChI is InChI=1S/C16H23NO/c1-12-5-6-13(2)14(9-12)15-10-17-16(11-18-15)7-3-4-8-16/h5-6,9,15,17H,3-4,7-8,10-11H2,1-2H3. The Balaban J connectivity index is 1.74. The molecule has 3 rings (SSSR count). The highest BCUT2D eigenvalue weighted by Crippen LogP contribution is 2.35. The van der Waals surface area contributed by atoms with Crippen molar-refractivity contribution in [2.24, 2.45) is 0 Å². The lowest BCUT2D eigenvalue weighted by atomic mass is 9.93. The van der Waals surface area contributed by atoms with Gasteiger partial charge in [-0.2, -0.15) is 0 Å². The minimum absolute atomic E-state index is 0.233. The predicted molar refractivity (Wildman–Crippen MR) is 73.8 cm³/mol. The second-order valence-electron chi connectivity index (χ2n) is 6.03. The number of ether oxygens (including phenoxy) is 1. The summed E-state index contributed by atoms with van der Waals surface area (Å²) in [6.45, 7) is 6.17. The van der Waals surface area contributed by atoms with Crippen LogP contribution in [0.4, 0.5) is 0 Å². The Morgan fingerprint density at radius 1 is 1.22 bits per heavy atom. The lowest BCUT2D eigenvalue weighted by molar-refractivity contribution is -0.0329. The topological polar surface area (TPSA) is 21.3 Å². The van der Waals surface area contributed by atoms with Crippen LogP contribution in [0.25, 0.3) is 0 Å². The van der Waals surface area contributed by atoms with E-state index in [1.54, 1.807) is 0 Å². The van der Waals surface area contributed by atoms with Crippen molar-refractivity contribution in [1.29, 1.82) is 0 Å². The molecular weight excluding hydrogens is 222 g/mol. The van der Waals surface area contributed by atoms with Crippen LogP contribution in [0.1, 0.15) is 48.5 Å². The van der Waals surface area contributed by atoms with Crippen LogP contribution in [0.15, 0.2) is 18.2 Å². The van der Waals surface area contributed by atoms with Gasteiger partial charge >= 0.3 is 0 Å². The average molecular weight is 245 g/mol. The van der Waals surface area contributed by atoms with E-state index in [0.717, 1.165) is 13.2 Å². The highest BCUT2D eigenvalue weighted by Gasteiger charge is 2.38. The summed E-state index contributed by atoms with van der Waals surface area (Å²) in [4.78, 5) is 0. The van der Waals surface area contributed by atoms with Crippen LogP contribution in [0.5, 0.6) is 0 Å². The Kier molecular flexibility index (Phi) is 3.16. The lowest BCUT2D eigenvalue weighted by Gasteiger charge is -2.39. The second kappa shape index (κ2) is 4.67. The third-order valence-electron chi connectivity index (χ3n) is 4.57. The van der Waals surface area contributed by atoms with Gasteiger partial charge in [0.1, 0.15) is 0 Å². The molecule has 1 spiro atoms. The van der Waals surface area contributed by atoms with Gasteiger partial charge < -0.3 is 10.1 Å². The number of rotatable bonds is 1. The maximum atomic E-state index is 6.18. The number of hydrogen-bond donors (Lipinski definition) is 1. The number of nitrogens with one attached hydrogen (secondary N) is 1. The average Bonchev–Trinajstić information content (AvgIpc) is 2.82. The molecule has 2 nitrogen and oxygen atoms in total. The SMILES string of the molecule is Cc1ccc(C)c(C2CNC3(CCCC3)CO2)c1. The van der Waals surface area contributed by atoms with Gasteiger partial charge in [0.25, 0.3) is 0 Å². The molecule has 98 valence electrons. The summed E-state index contributed by atoms with van der Waals surface area (Å²) in [6.07, 6.45) is 5.50. The molecule has 2 heteroatoms. The largest absolute Gasteiger partial charge is 0.370 e. The molecule has 1 aliphatic heterocycles. The smallest absolute Gasteiger partial charge is 0.0953 e. The van der Waals surface area contributed by atoms with E-state index in [-0.39, 0.29) is 6.10 Å². The van der Waals surface area contributed by atoms with E-state index in [1.165, 1.54) is 42.4 Å². The summed E-state index contributed by atoms with van der Waals surface area (Å²) >= 11 is 0. The van der Waals surface area contributed by atoms with E-state index in [9.17, 15) is 0 Å². The summed E-state index contributed by atoms with van der Waals surface area (Å²) in [5.41, 5.74) is 4.32.